The van der Waals surface area contributed by atoms with Crippen LogP contribution in [0.2, 0.25) is 118 Å². The van der Waals surface area contributed by atoms with Gasteiger partial charge in [-0.25, -0.2) is 0 Å². The summed E-state index contributed by atoms with van der Waals surface area (Å²) < 4.78 is 3.82. The van der Waals surface area contributed by atoms with E-state index in [9.17, 15) is 0 Å². The standard InChI is InChI=1S/C27H59Si6.C15H23.Pb/c1-28(2,3)25(29(4,5)6)22-19-23(26(30(7,8)9)31(10,11)12)21-24(20-22)27(32(13,14)15)33(16,17)18;1-10(2)13-7-14(11(3)4)9-15(8-13)12(5)6;/h19-20,25-27H,1-18H3;7-8,10-12H,1-6H3;/q;;+2. The fourth-order valence-electron chi connectivity index (χ4n) is 10.5. The molecule has 0 N–H and O–H groups in total. The minimum absolute atomic E-state index is 0.558. The Morgan fingerprint density at radius 2 is 0.571 bits per heavy atom. The quantitative estimate of drug-likeness (QED) is 0.166. The Balaban J connectivity index is 3.48. The van der Waals surface area contributed by atoms with E-state index >= 15 is 0 Å². The van der Waals surface area contributed by atoms with Gasteiger partial charge in [0.05, 0.1) is 0 Å². The van der Waals surface area contributed by atoms with Crippen molar-refractivity contribution in [3.63, 3.8) is 0 Å². The number of hydrogen-bond donors (Lipinski definition) is 0. The van der Waals surface area contributed by atoms with Crippen molar-refractivity contribution in [2.24, 2.45) is 0 Å². The second-order valence-electron chi connectivity index (χ2n) is 23.2. The average Bonchev–Trinajstić information content (AvgIpc) is 2.79. The van der Waals surface area contributed by atoms with Crippen molar-refractivity contribution in [3.05, 3.63) is 57.6 Å². The van der Waals surface area contributed by atoms with E-state index in [4.69, 9.17) is 0 Å². The summed E-state index contributed by atoms with van der Waals surface area (Å²) in [5.41, 5.74) is 10.5. The van der Waals surface area contributed by atoms with E-state index in [2.05, 4.69) is 184 Å². The first-order valence-corrected chi connectivity index (χ1v) is 45.1. The van der Waals surface area contributed by atoms with Gasteiger partial charge >= 0.3 is 329 Å². The summed E-state index contributed by atoms with van der Waals surface area (Å²) in [5.74, 6) is 1.68. The predicted octanol–water partition coefficient (Wildman–Crippen LogP) is 13.2. The molecule has 2 rings (SSSR count). The van der Waals surface area contributed by atoms with Gasteiger partial charge in [0.15, 0.2) is 0 Å². The summed E-state index contributed by atoms with van der Waals surface area (Å²) in [6, 6.07) is 11.2. The molecule has 2 aromatic rings. The van der Waals surface area contributed by atoms with Crippen LogP contribution in [0.1, 0.15) is 108 Å². The van der Waals surface area contributed by atoms with Crippen molar-refractivity contribution >= 4 is 78.9 Å². The summed E-state index contributed by atoms with van der Waals surface area (Å²) in [4.78, 5) is 0. The van der Waals surface area contributed by atoms with Gasteiger partial charge in [-0.2, -0.15) is 0 Å². The summed E-state index contributed by atoms with van der Waals surface area (Å²) >= 11 is -1.55. The van der Waals surface area contributed by atoms with Gasteiger partial charge in [0, 0.05) is 0 Å². The van der Waals surface area contributed by atoms with Crippen LogP contribution in [0.5, 0.6) is 0 Å². The van der Waals surface area contributed by atoms with E-state index in [1.807, 2.05) is 17.4 Å². The van der Waals surface area contributed by atoms with Crippen LogP contribution in [0.25, 0.3) is 0 Å². The molecule has 0 bridgehead atoms. The molecule has 0 aromatic heterocycles. The minimum atomic E-state index is -1.57. The molecule has 0 aliphatic rings. The van der Waals surface area contributed by atoms with Gasteiger partial charge in [0.2, 0.25) is 0 Å². The van der Waals surface area contributed by atoms with Crippen molar-refractivity contribution < 1.29 is 0 Å². The van der Waals surface area contributed by atoms with Crippen molar-refractivity contribution in [2.45, 2.75) is 193 Å². The molecule has 0 atom stereocenters. The molecule has 0 aliphatic carbocycles. The van der Waals surface area contributed by atoms with Gasteiger partial charge in [0.1, 0.15) is 0 Å². The van der Waals surface area contributed by atoms with Crippen LogP contribution in [-0.2, 0) is 0 Å². The number of hydrogen-bond acceptors (Lipinski definition) is 0. The Bertz CT molecular complexity index is 1310. The number of benzene rings is 2. The molecule has 0 aliphatic heterocycles. The third-order valence-electron chi connectivity index (χ3n) is 10.8. The Kier molecular flexibility index (Phi) is 14.8. The summed E-state index contributed by atoms with van der Waals surface area (Å²) in [6.45, 7) is 63.5. The molecule has 0 spiro atoms. The van der Waals surface area contributed by atoms with Crippen LogP contribution in [0, 0.1) is 0 Å². The topological polar surface area (TPSA) is 0 Å². The Hall–Kier alpha value is 0.663. The molecule has 0 radical (unpaired) electrons. The summed E-state index contributed by atoms with van der Waals surface area (Å²) in [5, 5.41) is 2.32. The molecule has 0 saturated carbocycles. The van der Waals surface area contributed by atoms with E-state index < -0.39 is 72.7 Å². The van der Waals surface area contributed by atoms with Crippen LogP contribution in [0.4, 0.5) is 0 Å². The normalized spacial score (nSPS) is 14.3. The zero-order valence-corrected chi connectivity index (χ0v) is 47.2. The molecule has 0 saturated heterocycles. The second-order valence-corrected chi connectivity index (χ2v) is 61.7. The van der Waals surface area contributed by atoms with Gasteiger partial charge in [-0.15, -0.1) is 0 Å². The van der Waals surface area contributed by atoms with Gasteiger partial charge in [-0.3, -0.25) is 0 Å². The zero-order chi connectivity index (χ0) is 38.6. The van der Waals surface area contributed by atoms with E-state index in [0.717, 1.165) is 15.5 Å². The fourth-order valence-corrected chi connectivity index (χ4v) is 58.6. The molecule has 0 fully saturated rings. The van der Waals surface area contributed by atoms with Crippen LogP contribution in [-0.4, -0.2) is 72.7 Å². The summed E-state index contributed by atoms with van der Waals surface area (Å²) in [6.07, 6.45) is 0. The van der Waals surface area contributed by atoms with Gasteiger partial charge < -0.3 is 0 Å². The van der Waals surface area contributed by atoms with Crippen LogP contribution in [0.3, 0.4) is 0 Å². The van der Waals surface area contributed by atoms with Crippen molar-refractivity contribution in [3.8, 4) is 0 Å². The van der Waals surface area contributed by atoms with Crippen molar-refractivity contribution in [2.75, 3.05) is 0 Å². The first-order valence-electron chi connectivity index (χ1n) is 19.7. The first kappa shape index (κ1) is 45.8. The molecular weight excluding hydrogens is 880 g/mol. The van der Waals surface area contributed by atoms with Crippen LogP contribution >= 0.6 is 0 Å². The number of rotatable bonds is 14. The van der Waals surface area contributed by atoms with E-state index in [-0.39, 0.29) is 0 Å². The third kappa shape index (κ3) is 11.3. The fraction of sp³-hybridized carbons (Fsp3) is 0.714. The summed E-state index contributed by atoms with van der Waals surface area (Å²) in [7, 11) is -9.26. The van der Waals surface area contributed by atoms with Gasteiger partial charge in [-0.1, -0.05) is 0 Å². The second kappa shape index (κ2) is 15.8. The van der Waals surface area contributed by atoms with E-state index in [0.29, 0.717) is 17.8 Å². The Labute approximate surface area is 326 Å². The molecule has 0 nitrogen and oxygen atoms in total. The molecular formula is C42H82PbSi6+2. The van der Waals surface area contributed by atoms with E-state index in [1.165, 1.54) is 0 Å². The molecule has 0 unspecified atom stereocenters. The molecule has 2 aromatic carbocycles. The molecule has 7 heteroatoms. The monoisotopic (exact) mass is 962 g/mol. The molecule has 0 heterocycles. The maximum atomic E-state index is 2.95. The maximum absolute atomic E-state index is 2.95. The van der Waals surface area contributed by atoms with Gasteiger partial charge in [0.25, 0.3) is 0 Å². The third-order valence-corrected chi connectivity index (χ3v) is 45.1. The van der Waals surface area contributed by atoms with Gasteiger partial charge in [-0.05, 0) is 0 Å². The SMILES string of the molecule is CC(C)c1cc(C(C)C)[c]([Pb+2][c]2c(C([Si](C)(C)C)[Si](C)(C)C)cc(C([Si](C)(C)C)[Si](C)(C)C)cc2C([Si](C)(C)C)[Si](C)(C)C)c(C(C)C)c1. The van der Waals surface area contributed by atoms with Crippen LogP contribution in [0.15, 0.2) is 24.3 Å². The molecule has 276 valence electrons. The predicted molar refractivity (Wildman–Crippen MR) is 248 cm³/mol. The average molecular weight is 963 g/mol. The first-order chi connectivity index (χ1) is 21.6. The zero-order valence-electron chi connectivity index (χ0n) is 37.3. The Morgan fingerprint density at radius 3 is 0.796 bits per heavy atom. The Morgan fingerprint density at radius 1 is 0.327 bits per heavy atom. The van der Waals surface area contributed by atoms with Crippen molar-refractivity contribution in [1.82, 2.24) is 0 Å². The molecule has 49 heavy (non-hydrogen) atoms. The van der Waals surface area contributed by atoms with Crippen molar-refractivity contribution in [1.29, 1.82) is 0 Å². The van der Waals surface area contributed by atoms with Crippen LogP contribution < -0.4 is 6.25 Å². The van der Waals surface area contributed by atoms with E-state index in [1.54, 1.807) is 22.3 Å². The molecule has 0 amide bonds.